The Hall–Kier alpha value is -3.27. The molecule has 37 heavy (non-hydrogen) atoms. The van der Waals surface area contributed by atoms with Crippen molar-refractivity contribution in [3.05, 3.63) is 53.6 Å². The number of amides is 2. The van der Waals surface area contributed by atoms with Crippen molar-refractivity contribution in [3.63, 3.8) is 0 Å². The largest absolute Gasteiger partial charge is 0.486 e. The van der Waals surface area contributed by atoms with E-state index in [4.69, 9.17) is 9.47 Å². The number of anilines is 1. The number of ether oxygens (including phenoxy) is 2. The number of aryl methyl sites for hydroxylation is 1. The fourth-order valence-electron chi connectivity index (χ4n) is 4.41. The number of carbonyl (C=O) groups is 2. The van der Waals surface area contributed by atoms with E-state index in [1.165, 1.54) is 4.31 Å². The average molecular weight is 532 g/mol. The number of nitrogens with one attached hydrogen (secondary N) is 1. The second-order valence-electron chi connectivity index (χ2n) is 9.10. The molecule has 1 aliphatic heterocycles. The summed E-state index contributed by atoms with van der Waals surface area (Å²) in [6.07, 6.45) is 1.99. The first kappa shape index (κ1) is 28.3. The van der Waals surface area contributed by atoms with Crippen molar-refractivity contribution in [1.82, 2.24) is 10.2 Å². The number of fused-ring (bicyclic) bond motifs is 1. The molecule has 0 saturated carbocycles. The van der Waals surface area contributed by atoms with E-state index in [9.17, 15) is 18.0 Å². The number of hydrogen-bond acceptors (Lipinski definition) is 6. The summed E-state index contributed by atoms with van der Waals surface area (Å²) in [6.45, 7) is 7.42. The molecule has 9 nitrogen and oxygen atoms in total. The van der Waals surface area contributed by atoms with Gasteiger partial charge in [-0.2, -0.15) is 0 Å². The van der Waals surface area contributed by atoms with Crippen LogP contribution in [-0.2, 0) is 26.2 Å². The van der Waals surface area contributed by atoms with Gasteiger partial charge < -0.3 is 19.7 Å². The van der Waals surface area contributed by atoms with E-state index in [0.717, 1.165) is 17.4 Å². The van der Waals surface area contributed by atoms with Crippen LogP contribution in [0, 0.1) is 6.92 Å². The monoisotopic (exact) mass is 531 g/mol. The number of sulfonamides is 1. The van der Waals surface area contributed by atoms with Crippen LogP contribution in [0.15, 0.2) is 42.5 Å². The van der Waals surface area contributed by atoms with Gasteiger partial charge in [-0.1, -0.05) is 36.8 Å². The minimum atomic E-state index is -3.61. The molecule has 202 valence electrons. The van der Waals surface area contributed by atoms with Gasteiger partial charge >= 0.3 is 0 Å². The van der Waals surface area contributed by atoms with E-state index >= 15 is 0 Å². The Morgan fingerprint density at radius 1 is 1.05 bits per heavy atom. The van der Waals surface area contributed by atoms with E-state index in [0.29, 0.717) is 49.9 Å². The van der Waals surface area contributed by atoms with Gasteiger partial charge in [0, 0.05) is 32.1 Å². The maximum absolute atomic E-state index is 13.4. The van der Waals surface area contributed by atoms with Gasteiger partial charge in [-0.3, -0.25) is 13.9 Å². The molecule has 1 heterocycles. The topological polar surface area (TPSA) is 105 Å². The number of nitrogens with zero attached hydrogens (tertiary/aromatic N) is 2. The molecular weight excluding hydrogens is 494 g/mol. The summed E-state index contributed by atoms with van der Waals surface area (Å²) in [5.41, 5.74) is 2.45. The highest BCUT2D eigenvalue weighted by Gasteiger charge is 2.29. The van der Waals surface area contributed by atoms with Crippen molar-refractivity contribution < 1.29 is 27.5 Å². The van der Waals surface area contributed by atoms with E-state index in [1.807, 2.05) is 45.0 Å². The van der Waals surface area contributed by atoms with Gasteiger partial charge in [-0.15, -0.1) is 0 Å². The second kappa shape index (κ2) is 12.8. The first-order valence-corrected chi connectivity index (χ1v) is 14.5. The number of carbonyl (C=O) groups excluding carboxylic acids is 2. The van der Waals surface area contributed by atoms with Crippen LogP contribution in [0.2, 0.25) is 0 Å². The number of benzene rings is 2. The molecule has 0 aliphatic carbocycles. The third kappa shape index (κ3) is 7.61. The van der Waals surface area contributed by atoms with Gasteiger partial charge in [-0.25, -0.2) is 8.42 Å². The van der Waals surface area contributed by atoms with Crippen molar-refractivity contribution in [2.45, 2.75) is 52.6 Å². The molecule has 1 aliphatic rings. The van der Waals surface area contributed by atoms with Crippen molar-refractivity contribution in [3.8, 4) is 11.5 Å². The van der Waals surface area contributed by atoms with Crippen molar-refractivity contribution in [2.24, 2.45) is 0 Å². The van der Waals surface area contributed by atoms with Crippen molar-refractivity contribution in [2.75, 3.05) is 36.9 Å². The Bertz CT molecular complexity index is 1200. The minimum absolute atomic E-state index is 0.0955. The van der Waals surface area contributed by atoms with Gasteiger partial charge in [0.25, 0.3) is 0 Å². The van der Waals surface area contributed by atoms with Crippen LogP contribution in [0.1, 0.15) is 44.2 Å². The predicted molar refractivity (Wildman–Crippen MR) is 143 cm³/mol. The van der Waals surface area contributed by atoms with E-state index < -0.39 is 16.1 Å². The summed E-state index contributed by atoms with van der Waals surface area (Å²) < 4.78 is 37.6. The van der Waals surface area contributed by atoms with Gasteiger partial charge in [0.2, 0.25) is 21.8 Å². The van der Waals surface area contributed by atoms with Crippen LogP contribution in [0.3, 0.4) is 0 Å². The van der Waals surface area contributed by atoms with Crippen LogP contribution in [-0.4, -0.2) is 63.7 Å². The van der Waals surface area contributed by atoms with Crippen LogP contribution in [0.4, 0.5) is 5.69 Å². The minimum Gasteiger partial charge on any atom is -0.486 e. The highest BCUT2D eigenvalue weighted by molar-refractivity contribution is 7.92. The number of hydrogen-bond donors (Lipinski definition) is 1. The lowest BCUT2D eigenvalue weighted by Gasteiger charge is -2.31. The summed E-state index contributed by atoms with van der Waals surface area (Å²) in [4.78, 5) is 27.8. The molecule has 2 amide bonds. The van der Waals surface area contributed by atoms with E-state index in [2.05, 4.69) is 5.32 Å². The molecule has 10 heteroatoms. The number of likely N-dealkylation sites (N-methyl/N-ethyl adjacent to an activating group) is 1. The Morgan fingerprint density at radius 2 is 1.78 bits per heavy atom. The molecule has 2 aromatic carbocycles. The molecule has 0 fully saturated rings. The SMILES string of the molecule is CCNC(=O)[C@@H](CC)N(Cc1cccc(C)c1)C(=O)CCCN(c1ccc2c(c1)OCCO2)S(C)(=O)=O. The van der Waals surface area contributed by atoms with Gasteiger partial charge in [-0.05, 0) is 44.4 Å². The highest BCUT2D eigenvalue weighted by atomic mass is 32.2. The Kier molecular flexibility index (Phi) is 9.79. The molecule has 0 spiro atoms. The Morgan fingerprint density at radius 3 is 2.43 bits per heavy atom. The zero-order chi connectivity index (χ0) is 27.0. The summed E-state index contributed by atoms with van der Waals surface area (Å²) in [5, 5.41) is 2.83. The molecule has 1 atom stereocenters. The Labute approximate surface area is 219 Å². The predicted octanol–water partition coefficient (Wildman–Crippen LogP) is 3.26. The second-order valence-corrected chi connectivity index (χ2v) is 11.0. The standard InChI is InChI=1S/C27H37N3O6S/c1-5-23(27(32)28-6-2)29(19-21-10-7-9-20(3)17-21)26(31)11-8-14-30(37(4,33)34)22-12-13-24-25(18-22)36-16-15-35-24/h7,9-10,12-13,17-18,23H,5-6,8,11,14-16,19H2,1-4H3,(H,28,32)/t23-/m1/s1. The van der Waals surface area contributed by atoms with Crippen LogP contribution in [0.25, 0.3) is 0 Å². The van der Waals surface area contributed by atoms with Gasteiger partial charge in [0.15, 0.2) is 11.5 Å². The smallest absolute Gasteiger partial charge is 0.242 e. The molecule has 1 N–H and O–H groups in total. The zero-order valence-corrected chi connectivity index (χ0v) is 22.8. The molecule has 0 radical (unpaired) electrons. The normalized spacial score (nSPS) is 13.5. The summed E-state index contributed by atoms with van der Waals surface area (Å²) in [7, 11) is -3.61. The van der Waals surface area contributed by atoms with Gasteiger partial charge in [0.1, 0.15) is 19.3 Å². The van der Waals surface area contributed by atoms with E-state index in [-0.39, 0.29) is 31.2 Å². The molecule has 0 unspecified atom stereocenters. The first-order valence-electron chi connectivity index (χ1n) is 12.6. The molecular formula is C27H37N3O6S. The van der Waals surface area contributed by atoms with Crippen LogP contribution < -0.4 is 19.1 Å². The third-order valence-corrected chi connectivity index (χ3v) is 7.33. The fourth-order valence-corrected chi connectivity index (χ4v) is 5.37. The van der Waals surface area contributed by atoms with Crippen LogP contribution >= 0.6 is 0 Å². The number of rotatable bonds is 12. The molecule has 0 aromatic heterocycles. The van der Waals surface area contributed by atoms with Crippen LogP contribution in [0.5, 0.6) is 11.5 Å². The maximum Gasteiger partial charge on any atom is 0.242 e. The quantitative estimate of drug-likeness (QED) is 0.451. The third-order valence-electron chi connectivity index (χ3n) is 6.14. The first-order chi connectivity index (χ1) is 17.6. The lowest BCUT2D eigenvalue weighted by atomic mass is 10.1. The molecule has 0 saturated heterocycles. The lowest BCUT2D eigenvalue weighted by Crippen LogP contribution is -2.49. The van der Waals surface area contributed by atoms with Crippen molar-refractivity contribution in [1.29, 1.82) is 0 Å². The summed E-state index contributed by atoms with van der Waals surface area (Å²) in [5.74, 6) is 0.669. The lowest BCUT2D eigenvalue weighted by molar-refractivity contribution is -0.141. The van der Waals surface area contributed by atoms with Gasteiger partial charge in [0.05, 0.1) is 11.9 Å². The molecule has 3 rings (SSSR count). The maximum atomic E-state index is 13.4. The molecule has 0 bridgehead atoms. The highest BCUT2D eigenvalue weighted by Crippen LogP contribution is 2.34. The summed E-state index contributed by atoms with van der Waals surface area (Å²) in [6, 6.07) is 12.2. The average Bonchev–Trinajstić information content (AvgIpc) is 2.85. The zero-order valence-electron chi connectivity index (χ0n) is 22.0. The van der Waals surface area contributed by atoms with Crippen molar-refractivity contribution >= 4 is 27.5 Å². The Balaban J connectivity index is 1.76. The summed E-state index contributed by atoms with van der Waals surface area (Å²) >= 11 is 0. The van der Waals surface area contributed by atoms with E-state index in [1.54, 1.807) is 23.1 Å². The fraction of sp³-hybridized carbons (Fsp3) is 0.481. The molecule has 2 aromatic rings.